The van der Waals surface area contributed by atoms with Crippen molar-refractivity contribution in [2.45, 2.75) is 82.2 Å². The fourth-order valence-corrected chi connectivity index (χ4v) is 5.15. The first kappa shape index (κ1) is 28.7. The average molecular weight is 514 g/mol. The Balaban J connectivity index is 1.92. The van der Waals surface area contributed by atoms with Gasteiger partial charge in [0.25, 0.3) is 5.91 Å². The van der Waals surface area contributed by atoms with Gasteiger partial charge < -0.3 is 10.4 Å². The van der Waals surface area contributed by atoms with E-state index in [2.05, 4.69) is 12.2 Å². The van der Waals surface area contributed by atoms with Crippen LogP contribution in [0, 0.1) is 0 Å². The number of benzene rings is 2. The minimum Gasteiger partial charge on any atom is -0.507 e. The molecule has 2 rings (SSSR count). The number of alkyl halides is 3. The Morgan fingerprint density at radius 3 is 2.09 bits per heavy atom. The molecular formula is C26H34F3NO4S. The molecule has 0 bridgehead atoms. The second-order valence-corrected chi connectivity index (χ2v) is 10.8. The molecule has 0 radical (unpaired) electrons. The van der Waals surface area contributed by atoms with E-state index in [4.69, 9.17) is 0 Å². The zero-order valence-corrected chi connectivity index (χ0v) is 20.9. The molecule has 2 N–H and O–H groups in total. The molecule has 194 valence electrons. The van der Waals surface area contributed by atoms with Crippen LogP contribution in [0.1, 0.15) is 87.1 Å². The molecule has 0 aliphatic rings. The van der Waals surface area contributed by atoms with Gasteiger partial charge in [-0.05, 0) is 42.8 Å². The highest BCUT2D eigenvalue weighted by Crippen LogP contribution is 2.31. The number of phenolic OH excluding ortho intramolecular Hbond substituents is 1. The number of phenols is 1. The third-order valence-electron chi connectivity index (χ3n) is 5.79. The van der Waals surface area contributed by atoms with E-state index in [9.17, 15) is 31.5 Å². The van der Waals surface area contributed by atoms with Crippen molar-refractivity contribution in [1.29, 1.82) is 0 Å². The second kappa shape index (κ2) is 13.5. The maximum absolute atomic E-state index is 12.9. The van der Waals surface area contributed by atoms with Gasteiger partial charge in [-0.3, -0.25) is 4.79 Å². The Kier molecular flexibility index (Phi) is 11.1. The first-order valence-electron chi connectivity index (χ1n) is 12.1. The zero-order chi connectivity index (χ0) is 25.9. The van der Waals surface area contributed by atoms with Crippen LogP contribution >= 0.6 is 0 Å². The van der Waals surface area contributed by atoms with Gasteiger partial charge in [-0.25, -0.2) is 8.42 Å². The summed E-state index contributed by atoms with van der Waals surface area (Å²) in [6, 6.07) is 7.44. The molecule has 0 aliphatic heterocycles. The van der Waals surface area contributed by atoms with Crippen LogP contribution in [0.15, 0.2) is 47.4 Å². The SMILES string of the molecule is CCCCCCCCCCCCS(=O)(=O)c1ccc(O)c(C(=O)Nc2cccc(C(F)(F)F)c2)c1. The topological polar surface area (TPSA) is 83.5 Å². The van der Waals surface area contributed by atoms with Gasteiger partial charge in [-0.2, -0.15) is 13.2 Å². The highest BCUT2D eigenvalue weighted by atomic mass is 32.2. The van der Waals surface area contributed by atoms with Gasteiger partial charge >= 0.3 is 6.18 Å². The molecule has 35 heavy (non-hydrogen) atoms. The Hall–Kier alpha value is -2.55. The number of carbonyl (C=O) groups excluding carboxylic acids is 1. The molecule has 0 saturated carbocycles. The van der Waals surface area contributed by atoms with Gasteiger partial charge in [-0.15, -0.1) is 0 Å². The Bertz CT molecular complexity index is 1070. The van der Waals surface area contributed by atoms with Gasteiger partial charge in [-0.1, -0.05) is 70.8 Å². The summed E-state index contributed by atoms with van der Waals surface area (Å²) in [6.07, 6.45) is 6.09. The van der Waals surface area contributed by atoms with Crippen LogP contribution < -0.4 is 5.32 Å². The van der Waals surface area contributed by atoms with Gasteiger partial charge in [0.15, 0.2) is 9.84 Å². The lowest BCUT2D eigenvalue weighted by molar-refractivity contribution is -0.137. The normalized spacial score (nSPS) is 12.0. The van der Waals surface area contributed by atoms with Gasteiger partial charge in [0.1, 0.15) is 5.75 Å². The predicted octanol–water partition coefficient (Wildman–Crippen LogP) is 7.36. The molecule has 0 atom stereocenters. The summed E-state index contributed by atoms with van der Waals surface area (Å²) in [6.45, 7) is 2.18. The van der Waals surface area contributed by atoms with E-state index in [1.54, 1.807) is 0 Å². The van der Waals surface area contributed by atoms with Crippen LogP contribution in [0.25, 0.3) is 0 Å². The summed E-state index contributed by atoms with van der Waals surface area (Å²) in [5.74, 6) is -1.45. The van der Waals surface area contributed by atoms with Crippen molar-refractivity contribution in [3.63, 3.8) is 0 Å². The van der Waals surface area contributed by atoms with E-state index in [1.807, 2.05) is 0 Å². The molecular weight excluding hydrogens is 479 g/mol. The number of halogens is 3. The first-order chi connectivity index (χ1) is 16.5. The predicted molar refractivity (Wildman–Crippen MR) is 131 cm³/mol. The molecule has 2 aromatic rings. The lowest BCUT2D eigenvalue weighted by Crippen LogP contribution is -2.15. The highest BCUT2D eigenvalue weighted by Gasteiger charge is 2.30. The number of carbonyl (C=O) groups is 1. The lowest BCUT2D eigenvalue weighted by Gasteiger charge is -2.12. The van der Waals surface area contributed by atoms with E-state index in [1.165, 1.54) is 44.2 Å². The molecule has 0 unspecified atom stereocenters. The van der Waals surface area contributed by atoms with E-state index < -0.39 is 33.2 Å². The van der Waals surface area contributed by atoms with Crippen LogP contribution in [-0.4, -0.2) is 25.2 Å². The number of aromatic hydroxyl groups is 1. The van der Waals surface area contributed by atoms with Crippen molar-refractivity contribution in [2.24, 2.45) is 0 Å². The summed E-state index contributed by atoms with van der Waals surface area (Å²) in [5.41, 5.74) is -1.39. The average Bonchev–Trinajstić information content (AvgIpc) is 2.80. The van der Waals surface area contributed by atoms with Crippen molar-refractivity contribution in [2.75, 3.05) is 11.1 Å². The number of unbranched alkanes of at least 4 members (excludes halogenated alkanes) is 9. The van der Waals surface area contributed by atoms with Crippen LogP contribution in [0.2, 0.25) is 0 Å². The zero-order valence-electron chi connectivity index (χ0n) is 20.0. The van der Waals surface area contributed by atoms with Crippen molar-refractivity contribution in [1.82, 2.24) is 0 Å². The summed E-state index contributed by atoms with van der Waals surface area (Å²) >= 11 is 0. The molecule has 1 amide bonds. The largest absolute Gasteiger partial charge is 0.507 e. The Labute approximate surface area is 205 Å². The molecule has 0 aromatic heterocycles. The maximum atomic E-state index is 12.9. The van der Waals surface area contributed by atoms with Crippen molar-refractivity contribution >= 4 is 21.4 Å². The smallest absolute Gasteiger partial charge is 0.416 e. The first-order valence-corrected chi connectivity index (χ1v) is 13.7. The van der Waals surface area contributed by atoms with Crippen LogP contribution in [0.4, 0.5) is 18.9 Å². The molecule has 0 fully saturated rings. The Morgan fingerprint density at radius 2 is 1.49 bits per heavy atom. The minimum absolute atomic E-state index is 0.0804. The molecule has 0 aliphatic carbocycles. The third kappa shape index (κ3) is 9.55. The maximum Gasteiger partial charge on any atom is 0.416 e. The van der Waals surface area contributed by atoms with E-state index in [0.29, 0.717) is 6.42 Å². The summed E-state index contributed by atoms with van der Waals surface area (Å²) < 4.78 is 64.2. The number of sulfone groups is 1. The monoisotopic (exact) mass is 513 g/mol. The quantitative estimate of drug-likeness (QED) is 0.259. The number of nitrogens with one attached hydrogen (secondary N) is 1. The highest BCUT2D eigenvalue weighted by molar-refractivity contribution is 7.91. The molecule has 0 heterocycles. The van der Waals surface area contributed by atoms with Crippen LogP contribution in [0.3, 0.4) is 0 Å². The van der Waals surface area contributed by atoms with E-state index >= 15 is 0 Å². The van der Waals surface area contributed by atoms with Crippen molar-refractivity contribution < 1.29 is 31.5 Å². The van der Waals surface area contributed by atoms with Crippen LogP contribution in [0.5, 0.6) is 5.75 Å². The number of rotatable bonds is 14. The van der Waals surface area contributed by atoms with Crippen molar-refractivity contribution in [3.05, 3.63) is 53.6 Å². The Morgan fingerprint density at radius 1 is 0.886 bits per heavy atom. The van der Waals surface area contributed by atoms with E-state index in [0.717, 1.165) is 56.0 Å². The second-order valence-electron chi connectivity index (χ2n) is 8.71. The van der Waals surface area contributed by atoms with E-state index in [-0.39, 0.29) is 21.9 Å². The number of anilines is 1. The molecule has 2 aromatic carbocycles. The summed E-state index contributed by atoms with van der Waals surface area (Å²) in [7, 11) is -3.68. The van der Waals surface area contributed by atoms with Crippen molar-refractivity contribution in [3.8, 4) is 5.75 Å². The molecule has 0 spiro atoms. The van der Waals surface area contributed by atoms with Crippen LogP contribution in [-0.2, 0) is 16.0 Å². The summed E-state index contributed by atoms with van der Waals surface area (Å²) in [5, 5.41) is 12.3. The fourth-order valence-electron chi connectivity index (χ4n) is 3.76. The number of amides is 1. The number of hydrogen-bond donors (Lipinski definition) is 2. The van der Waals surface area contributed by atoms with Gasteiger partial charge in [0, 0.05) is 5.69 Å². The standard InChI is InChI=1S/C26H34F3NO4S/c1-2-3-4-5-6-7-8-9-10-11-17-35(33,34)22-15-16-24(31)23(19-22)25(32)30-21-14-12-13-20(18-21)26(27,28)29/h12-16,18-19,31H,2-11,17H2,1H3,(H,30,32). The summed E-state index contributed by atoms with van der Waals surface area (Å²) in [4.78, 5) is 12.5. The van der Waals surface area contributed by atoms with Gasteiger partial charge in [0.2, 0.25) is 0 Å². The number of hydrogen-bond acceptors (Lipinski definition) is 4. The lowest BCUT2D eigenvalue weighted by atomic mass is 10.1. The third-order valence-corrected chi connectivity index (χ3v) is 7.58. The fraction of sp³-hybridized carbons (Fsp3) is 0.500. The van der Waals surface area contributed by atoms with Gasteiger partial charge in [0.05, 0.1) is 21.8 Å². The minimum atomic E-state index is -4.58. The molecule has 0 saturated heterocycles. The molecule has 5 nitrogen and oxygen atoms in total. The molecule has 9 heteroatoms.